The van der Waals surface area contributed by atoms with E-state index in [0.717, 1.165) is 66.3 Å². The number of fused-ring (bicyclic) bond motifs is 4. The molecular weight excluding hydrogens is 709 g/mol. The van der Waals surface area contributed by atoms with Gasteiger partial charge in [0, 0.05) is 33.0 Å². The Morgan fingerprint density at radius 3 is 1.33 bits per heavy atom. The van der Waals surface area contributed by atoms with Crippen LogP contribution in [0.4, 0.5) is 5.69 Å². The number of anilines is 1. The van der Waals surface area contributed by atoms with Gasteiger partial charge in [0.1, 0.15) is 0 Å². The second-order valence-corrected chi connectivity index (χ2v) is 15.5. The van der Waals surface area contributed by atoms with E-state index in [0.29, 0.717) is 22.5 Å². The Morgan fingerprint density at radius 2 is 0.828 bits per heavy atom. The normalized spacial score (nSPS) is 12.5. The molecule has 9 aromatic rings. The fourth-order valence-corrected chi connectivity index (χ4v) is 9.17. The molecule has 0 aliphatic carbocycles. The van der Waals surface area contributed by atoms with Crippen molar-refractivity contribution in [3.05, 3.63) is 203 Å². The molecule has 0 spiro atoms. The number of hydrogen-bond acceptors (Lipinski definition) is 2. The van der Waals surface area contributed by atoms with E-state index >= 15 is 9.59 Å². The quantitative estimate of drug-likeness (QED) is 0.159. The molecule has 0 saturated carbocycles. The molecule has 1 aliphatic rings. The summed E-state index contributed by atoms with van der Waals surface area (Å²) < 4.78 is 2.27. The highest BCUT2D eigenvalue weighted by molar-refractivity contribution is 6.37. The van der Waals surface area contributed by atoms with Gasteiger partial charge in [-0.05, 0) is 73.2 Å². The van der Waals surface area contributed by atoms with Crippen molar-refractivity contribution in [1.82, 2.24) is 4.57 Å². The minimum Gasteiger partial charge on any atom is -0.307 e. The maximum absolute atomic E-state index is 15.5. The van der Waals surface area contributed by atoms with Crippen LogP contribution in [0.2, 0.25) is 0 Å². The number of aryl methyl sites for hydroxylation is 4. The van der Waals surface area contributed by atoms with Crippen molar-refractivity contribution in [3.8, 4) is 50.2 Å². The Balaban J connectivity index is 1.29. The number of benzene rings is 8. The van der Waals surface area contributed by atoms with Crippen molar-refractivity contribution in [2.24, 2.45) is 0 Å². The van der Waals surface area contributed by atoms with Crippen LogP contribution in [-0.4, -0.2) is 16.4 Å². The van der Waals surface area contributed by atoms with Crippen molar-refractivity contribution >= 4 is 39.3 Å². The van der Waals surface area contributed by atoms with Gasteiger partial charge in [-0.15, -0.1) is 0 Å². The lowest BCUT2D eigenvalue weighted by molar-refractivity contribution is 0.0926. The maximum Gasteiger partial charge on any atom is 0.268 e. The summed E-state index contributed by atoms with van der Waals surface area (Å²) in [7, 11) is 0. The average Bonchev–Trinajstić information content (AvgIpc) is 3.72. The van der Waals surface area contributed by atoms with Crippen LogP contribution in [0.1, 0.15) is 43.0 Å². The molecule has 0 saturated heterocycles. The van der Waals surface area contributed by atoms with Crippen LogP contribution < -0.4 is 4.90 Å². The number of hydrogen-bond donors (Lipinski definition) is 0. The molecule has 1 aliphatic heterocycles. The van der Waals surface area contributed by atoms with E-state index in [2.05, 4.69) is 105 Å². The summed E-state index contributed by atoms with van der Waals surface area (Å²) in [6.07, 6.45) is 0. The van der Waals surface area contributed by atoms with Crippen LogP contribution in [-0.2, 0) is 0 Å². The van der Waals surface area contributed by atoms with E-state index in [1.807, 2.05) is 91.0 Å². The third-order valence-corrected chi connectivity index (χ3v) is 11.7. The molecule has 58 heavy (non-hydrogen) atoms. The third-order valence-electron chi connectivity index (χ3n) is 11.7. The molecule has 0 radical (unpaired) electrons. The lowest BCUT2D eigenvalue weighted by Crippen LogP contribution is -2.30. The van der Waals surface area contributed by atoms with Gasteiger partial charge in [-0.2, -0.15) is 0 Å². The van der Waals surface area contributed by atoms with Gasteiger partial charge in [0.25, 0.3) is 11.8 Å². The number of nitrogens with zero attached hydrogens (tertiary/aromatic N) is 2. The molecule has 1 aromatic heterocycles. The fourth-order valence-electron chi connectivity index (χ4n) is 9.17. The molecule has 0 bridgehead atoms. The zero-order valence-electron chi connectivity index (χ0n) is 32.9. The predicted octanol–water partition coefficient (Wildman–Crippen LogP) is 13.5. The fraction of sp³-hybridized carbons (Fsp3) is 0.0741. The molecule has 2 amide bonds. The number of imide groups is 1. The lowest BCUT2D eigenvalue weighted by atomic mass is 9.95. The van der Waals surface area contributed by atoms with Crippen molar-refractivity contribution in [3.63, 3.8) is 0 Å². The van der Waals surface area contributed by atoms with Gasteiger partial charge in [0.2, 0.25) is 0 Å². The average molecular weight is 749 g/mol. The highest BCUT2D eigenvalue weighted by atomic mass is 16.2. The Bertz CT molecular complexity index is 2970. The molecule has 278 valence electrons. The molecule has 2 heterocycles. The Kier molecular flexibility index (Phi) is 8.31. The molecule has 10 rings (SSSR count). The van der Waals surface area contributed by atoms with Crippen LogP contribution >= 0.6 is 0 Å². The summed E-state index contributed by atoms with van der Waals surface area (Å²) in [6.45, 7) is 8.55. The Hall–Kier alpha value is -7.30. The van der Waals surface area contributed by atoms with E-state index in [4.69, 9.17) is 0 Å². The van der Waals surface area contributed by atoms with E-state index < -0.39 is 0 Å². The van der Waals surface area contributed by atoms with E-state index in [-0.39, 0.29) is 11.8 Å². The van der Waals surface area contributed by atoms with Gasteiger partial charge in [0.05, 0.1) is 33.5 Å². The molecule has 0 fully saturated rings. The SMILES string of the molecule is Cc1ccc(-c2cccc3c4cccc(-c5ccc(C)cc5C)c4n(-c4cccc5c4C(=O)N(c4c(-c6ccccc6)cccc4-c4ccccc4)C5=O)c23)c(C)c1. The molecule has 4 heteroatoms. The Labute approximate surface area is 338 Å². The number of rotatable bonds is 6. The van der Waals surface area contributed by atoms with Crippen LogP contribution in [0.25, 0.3) is 72.0 Å². The van der Waals surface area contributed by atoms with Crippen LogP contribution in [0, 0.1) is 27.7 Å². The van der Waals surface area contributed by atoms with E-state index in [1.54, 1.807) is 6.07 Å². The smallest absolute Gasteiger partial charge is 0.268 e. The van der Waals surface area contributed by atoms with Gasteiger partial charge in [-0.1, -0.05) is 169 Å². The summed E-state index contributed by atoms with van der Waals surface area (Å²) in [4.78, 5) is 32.0. The molecular formula is C54H40N2O2. The predicted molar refractivity (Wildman–Crippen MR) is 239 cm³/mol. The van der Waals surface area contributed by atoms with Crippen molar-refractivity contribution in [2.75, 3.05) is 4.90 Å². The second-order valence-electron chi connectivity index (χ2n) is 15.5. The largest absolute Gasteiger partial charge is 0.307 e. The first-order chi connectivity index (χ1) is 28.3. The minimum atomic E-state index is -0.348. The van der Waals surface area contributed by atoms with Crippen LogP contribution in [0.15, 0.2) is 170 Å². The zero-order valence-corrected chi connectivity index (χ0v) is 32.9. The number of carbonyl (C=O) groups is 2. The first kappa shape index (κ1) is 35.1. The molecule has 8 aromatic carbocycles. The van der Waals surface area contributed by atoms with Crippen LogP contribution in [0.3, 0.4) is 0 Å². The zero-order chi connectivity index (χ0) is 39.7. The topological polar surface area (TPSA) is 42.3 Å². The van der Waals surface area contributed by atoms with Gasteiger partial charge in [0.15, 0.2) is 0 Å². The summed E-state index contributed by atoms with van der Waals surface area (Å²) in [5.74, 6) is -0.688. The second kappa shape index (κ2) is 13.7. The van der Waals surface area contributed by atoms with Crippen molar-refractivity contribution in [1.29, 1.82) is 0 Å². The first-order valence-electron chi connectivity index (χ1n) is 19.8. The van der Waals surface area contributed by atoms with Gasteiger partial charge in [-0.3, -0.25) is 9.59 Å². The number of amides is 2. The highest BCUT2D eigenvalue weighted by Crippen LogP contribution is 2.47. The summed E-state index contributed by atoms with van der Waals surface area (Å²) in [6, 6.07) is 57.8. The van der Waals surface area contributed by atoms with E-state index in [9.17, 15) is 0 Å². The standard InChI is InChI=1S/C54H40N2O2/c1-33-27-29-39(35(3)31-33)43-21-12-23-45-46-24-13-22-44(40-30-28-34(2)32-36(40)4)52(46)55(51(43)45)48-26-14-25-47-49(48)54(58)56(53(47)57)50-41(37-15-7-5-8-16-37)19-11-20-42(50)38-17-9-6-10-18-38/h5-32H,1-4H3. The maximum atomic E-state index is 15.5. The van der Waals surface area contributed by atoms with E-state index in [1.165, 1.54) is 27.2 Å². The molecule has 4 nitrogen and oxygen atoms in total. The van der Waals surface area contributed by atoms with Crippen molar-refractivity contribution in [2.45, 2.75) is 27.7 Å². The lowest BCUT2D eigenvalue weighted by Gasteiger charge is -2.23. The van der Waals surface area contributed by atoms with Gasteiger partial charge in [-0.25, -0.2) is 4.90 Å². The molecule has 0 N–H and O–H groups in total. The molecule has 0 atom stereocenters. The van der Waals surface area contributed by atoms with Gasteiger partial charge >= 0.3 is 0 Å². The number of aromatic nitrogens is 1. The summed E-state index contributed by atoms with van der Waals surface area (Å²) >= 11 is 0. The third kappa shape index (κ3) is 5.44. The highest BCUT2D eigenvalue weighted by Gasteiger charge is 2.41. The van der Waals surface area contributed by atoms with Gasteiger partial charge < -0.3 is 4.57 Å². The van der Waals surface area contributed by atoms with Crippen molar-refractivity contribution < 1.29 is 9.59 Å². The Morgan fingerprint density at radius 1 is 0.379 bits per heavy atom. The first-order valence-corrected chi connectivity index (χ1v) is 19.8. The molecule has 0 unspecified atom stereocenters. The monoisotopic (exact) mass is 748 g/mol. The summed E-state index contributed by atoms with van der Waals surface area (Å²) in [5, 5.41) is 2.15. The number of para-hydroxylation sites is 3. The number of carbonyl (C=O) groups excluding carboxylic acids is 2. The minimum absolute atomic E-state index is 0.340. The van der Waals surface area contributed by atoms with Crippen LogP contribution in [0.5, 0.6) is 0 Å². The summed E-state index contributed by atoms with van der Waals surface area (Å²) in [5.41, 5.74) is 16.5.